The second-order valence-corrected chi connectivity index (χ2v) is 29.5. The van der Waals surface area contributed by atoms with E-state index in [0.717, 1.165) is 140 Å². The highest BCUT2D eigenvalue weighted by atomic mass is 19.1. The summed E-state index contributed by atoms with van der Waals surface area (Å²) in [5.41, 5.74) is 7.21. The van der Waals surface area contributed by atoms with Crippen molar-refractivity contribution in [3.63, 3.8) is 0 Å². The average molecular weight is 1520 g/mol. The van der Waals surface area contributed by atoms with Crippen LogP contribution in [0.5, 0.6) is 34.5 Å². The molecule has 112 heavy (non-hydrogen) atoms. The largest absolute Gasteiger partial charge is 0.489 e. The molecule has 4 N–H and O–H groups in total. The molecule has 0 spiro atoms. The summed E-state index contributed by atoms with van der Waals surface area (Å²) in [5, 5.41) is 75.3. The molecule has 27 nitrogen and oxygen atoms in total. The van der Waals surface area contributed by atoms with E-state index in [1.807, 2.05) is 106 Å². The first-order chi connectivity index (χ1) is 53.9. The summed E-state index contributed by atoms with van der Waals surface area (Å²) in [6.07, 6.45) is 26.6. The fourth-order valence-electron chi connectivity index (χ4n) is 13.1. The molecule has 12 aromatic rings. The Morgan fingerprint density at radius 3 is 1.04 bits per heavy atom. The maximum Gasteiger partial charge on any atom is 0.212 e. The summed E-state index contributed by atoms with van der Waals surface area (Å²) in [4.78, 5) is 29.9. The number of anilines is 2. The minimum absolute atomic E-state index is 0.0901. The molecule has 0 unspecified atom stereocenters. The fourth-order valence-corrected chi connectivity index (χ4v) is 13.1. The van der Waals surface area contributed by atoms with Gasteiger partial charge in [-0.15, -0.1) is 0 Å². The smallest absolute Gasteiger partial charge is 0.212 e. The molecule has 12 aromatic heterocycles. The Morgan fingerprint density at radius 2 is 0.759 bits per heavy atom. The van der Waals surface area contributed by atoms with Gasteiger partial charge < -0.3 is 58.9 Å². The van der Waals surface area contributed by atoms with E-state index in [4.69, 9.17) is 38.4 Å². The monoisotopic (exact) mass is 1510 g/mol. The van der Waals surface area contributed by atoms with Crippen molar-refractivity contribution in [2.45, 2.75) is 136 Å². The number of aryl methyl sites for hydroxylation is 3. The molecule has 0 bridgehead atoms. The van der Waals surface area contributed by atoms with Crippen LogP contribution in [0.25, 0.3) is 49.9 Å². The molecule has 0 saturated carbocycles. The van der Waals surface area contributed by atoms with Gasteiger partial charge in [-0.05, 0) is 179 Å². The van der Waals surface area contributed by atoms with Gasteiger partial charge in [-0.25, -0.2) is 28.5 Å². The van der Waals surface area contributed by atoms with Gasteiger partial charge in [0, 0.05) is 122 Å². The molecule has 578 valence electrons. The third-order valence-electron chi connectivity index (χ3n) is 18.8. The van der Waals surface area contributed by atoms with E-state index < -0.39 is 22.8 Å². The van der Waals surface area contributed by atoms with Crippen LogP contribution in [0.2, 0.25) is 0 Å². The number of hydrogen-bond acceptors (Lipinski definition) is 24. The van der Waals surface area contributed by atoms with Crippen LogP contribution in [-0.2, 0) is 0 Å². The van der Waals surface area contributed by atoms with Crippen molar-refractivity contribution in [3.8, 4) is 86.1 Å². The molecule has 15 heterocycles. The van der Waals surface area contributed by atoms with Crippen molar-refractivity contribution in [3.05, 3.63) is 205 Å². The number of hydrogen-bond donors (Lipinski definition) is 4. The molecule has 0 amide bonds. The van der Waals surface area contributed by atoms with Crippen LogP contribution in [0.3, 0.4) is 0 Å². The molecule has 3 aliphatic heterocycles. The number of nitrogens with one attached hydrogen (secondary N) is 1. The van der Waals surface area contributed by atoms with E-state index in [-0.39, 0.29) is 32.0 Å². The number of halogens is 1. The Labute approximate surface area is 649 Å². The van der Waals surface area contributed by atoms with Gasteiger partial charge in [0.2, 0.25) is 5.95 Å². The van der Waals surface area contributed by atoms with Crippen LogP contribution >= 0.6 is 0 Å². The first kappa shape index (κ1) is 79.2. The van der Waals surface area contributed by atoms with Gasteiger partial charge in [-0.1, -0.05) is 0 Å². The summed E-state index contributed by atoms with van der Waals surface area (Å²) in [7, 11) is 0. The molecular weight excluding hydrogens is 1420 g/mol. The summed E-state index contributed by atoms with van der Waals surface area (Å²) in [6, 6.07) is 34.5. The predicted octanol–water partition coefficient (Wildman–Crippen LogP) is 12.4. The normalized spacial score (nSPS) is 14.3. The summed E-state index contributed by atoms with van der Waals surface area (Å²) in [6.45, 7) is 21.5. The highest BCUT2D eigenvalue weighted by Crippen LogP contribution is 2.38. The number of aliphatic hydroxyl groups is 3. The lowest BCUT2D eigenvalue weighted by Crippen LogP contribution is -2.38. The molecule has 28 heteroatoms. The number of ether oxygens (including phenoxy) is 6. The average Bonchev–Trinajstić information content (AvgIpc) is 1.71. The van der Waals surface area contributed by atoms with Crippen LogP contribution in [0.15, 0.2) is 165 Å². The molecule has 0 atom stereocenters. The maximum atomic E-state index is 13.2. The van der Waals surface area contributed by atoms with Gasteiger partial charge in [0.25, 0.3) is 0 Å². The molecule has 3 aliphatic rings. The first-order valence-corrected chi connectivity index (χ1v) is 37.1. The minimum atomic E-state index is -0.999. The minimum Gasteiger partial charge on any atom is -0.489 e. The van der Waals surface area contributed by atoms with Gasteiger partial charge in [0.15, 0.2) is 0 Å². The second-order valence-electron chi connectivity index (χ2n) is 29.5. The number of fused-ring (bicyclic) bond motifs is 3. The van der Waals surface area contributed by atoms with E-state index in [1.165, 1.54) is 18.5 Å². The third kappa shape index (κ3) is 20.2. The SMILES string of the molecule is Cc1c(OCC(C)(C)O)cc(-c2ccc(F)nc2)c2c(C#N)cnn12.Cc1c(OCC(C)(C)O)cc(-c2ccc(N3CCC(Oc4cccnc4)CC3)nc2)c2c(C#N)cnn12.Cc1c(OCC(C)(C)O)cc(-c2ccc(N3CCC(Oc4cccnc4)CC3)nc2)c2c(C#N)cnn12.c1cncc(OC2CCNCC2)c1. The topological polar surface area (TPSA) is 335 Å². The van der Waals surface area contributed by atoms with Gasteiger partial charge in [-0.3, -0.25) is 15.0 Å². The number of rotatable bonds is 20. The van der Waals surface area contributed by atoms with E-state index >= 15 is 0 Å². The number of pyridine rings is 9. The number of nitrogens with zero attached hydrogens (tertiary/aromatic N) is 17. The molecule has 0 aromatic carbocycles. The molecule has 3 saturated heterocycles. The van der Waals surface area contributed by atoms with Gasteiger partial charge in [0.05, 0.1) is 104 Å². The van der Waals surface area contributed by atoms with Crippen LogP contribution in [0, 0.1) is 60.7 Å². The Balaban J connectivity index is 0.000000146. The lowest BCUT2D eigenvalue weighted by atomic mass is 10.0. The molecule has 0 radical (unpaired) electrons. The fraction of sp³-hybridized carbons (Fsp3) is 0.357. The lowest BCUT2D eigenvalue weighted by Gasteiger charge is -2.33. The Morgan fingerprint density at radius 1 is 0.438 bits per heavy atom. The van der Waals surface area contributed by atoms with Crippen molar-refractivity contribution in [1.29, 1.82) is 15.8 Å². The zero-order valence-electron chi connectivity index (χ0n) is 64.2. The lowest BCUT2D eigenvalue weighted by molar-refractivity contribution is 0.0277. The summed E-state index contributed by atoms with van der Waals surface area (Å²) < 4.78 is 53.7. The summed E-state index contributed by atoms with van der Waals surface area (Å²) >= 11 is 0. The Hall–Kier alpha value is -12.4. The highest BCUT2D eigenvalue weighted by Gasteiger charge is 2.28. The highest BCUT2D eigenvalue weighted by molar-refractivity contribution is 5.88. The van der Waals surface area contributed by atoms with Crippen LogP contribution in [-0.4, -0.2) is 168 Å². The zero-order valence-corrected chi connectivity index (χ0v) is 64.2. The third-order valence-corrected chi connectivity index (χ3v) is 18.8. The number of piperidine rings is 3. The van der Waals surface area contributed by atoms with Crippen molar-refractivity contribution >= 4 is 28.2 Å². The molecule has 15 rings (SSSR count). The van der Waals surface area contributed by atoms with Gasteiger partial charge >= 0.3 is 0 Å². The Kier molecular flexibility index (Phi) is 25.1. The van der Waals surface area contributed by atoms with E-state index in [2.05, 4.69) is 68.6 Å². The Bertz CT molecular complexity index is 5040. The van der Waals surface area contributed by atoms with Crippen molar-refractivity contribution < 1.29 is 48.1 Å². The summed E-state index contributed by atoms with van der Waals surface area (Å²) in [5.74, 6) is 5.41. The van der Waals surface area contributed by atoms with Crippen molar-refractivity contribution in [1.82, 2.24) is 64.1 Å². The maximum absolute atomic E-state index is 13.2. The standard InChI is InChI=1S/2C28H30N6O3.C18H17FN4O2.C10H14N2O/c2*1-19-25(36-18-28(2,3)35)13-24(27-21(14-29)16-32-34(19)27)20-6-7-26(31-15-20)33-11-8-22(9-12-33)37-23-5-4-10-30-17-23;1-11-15(25-10-18(2,3)24)6-14(12-4-5-16(19)21-8-12)17-13(7-20)9-22-23(11)17;1-2-10(8-12-5-1)13-9-3-6-11-7-4-9/h2*4-7,10,13,15-17,22,35H,8-9,11-12,18H2,1-3H3;4-6,8-9,24H,10H2,1-3H3;1-2,5,8-9,11H,3-4,6-7H2. The molecular formula is C84H91FN18O9. The van der Waals surface area contributed by atoms with Crippen LogP contribution in [0.4, 0.5) is 16.0 Å². The van der Waals surface area contributed by atoms with Crippen molar-refractivity contribution in [2.24, 2.45) is 0 Å². The zero-order chi connectivity index (χ0) is 79.1. The number of aromatic nitrogens is 12. The van der Waals surface area contributed by atoms with Crippen LogP contribution < -0.4 is 43.5 Å². The van der Waals surface area contributed by atoms with Crippen molar-refractivity contribution in [2.75, 3.05) is 68.9 Å². The van der Waals surface area contributed by atoms with Gasteiger partial charge in [0.1, 0.15) is 102 Å². The molecule has 0 aliphatic carbocycles. The van der Waals surface area contributed by atoms with E-state index in [9.17, 15) is 35.5 Å². The van der Waals surface area contributed by atoms with Gasteiger partial charge in [-0.2, -0.15) is 35.5 Å². The van der Waals surface area contributed by atoms with Crippen LogP contribution in [0.1, 0.15) is 114 Å². The van der Waals surface area contributed by atoms with E-state index in [1.54, 1.807) is 117 Å². The number of nitriles is 3. The quantitative estimate of drug-likeness (QED) is 0.0515. The predicted molar refractivity (Wildman–Crippen MR) is 420 cm³/mol. The first-order valence-electron chi connectivity index (χ1n) is 37.1. The van der Waals surface area contributed by atoms with E-state index in [0.29, 0.717) is 73.4 Å². The second kappa shape index (κ2) is 35.5. The molecule has 3 fully saturated rings.